The number of aromatic nitrogens is 2. The van der Waals surface area contributed by atoms with Crippen molar-refractivity contribution in [1.82, 2.24) is 10.2 Å². The number of anilines is 1. The Morgan fingerprint density at radius 3 is 3.00 bits per heavy atom. The Labute approximate surface area is 146 Å². The summed E-state index contributed by atoms with van der Waals surface area (Å²) in [5.74, 6) is 1.16. The van der Waals surface area contributed by atoms with Gasteiger partial charge in [0, 0.05) is 6.07 Å². The Hall–Kier alpha value is -0.540. The first-order chi connectivity index (χ1) is 9.60. The second kappa shape index (κ2) is 8.79. The summed E-state index contributed by atoms with van der Waals surface area (Å²) in [5, 5.41) is 9.71. The Bertz CT molecular complexity index is 589. The summed E-state index contributed by atoms with van der Waals surface area (Å²) in [5.41, 5.74) is 6.67. The average Bonchev–Trinajstić information content (AvgIpc) is 3.04. The van der Waals surface area contributed by atoms with Crippen molar-refractivity contribution in [2.45, 2.75) is 12.5 Å². The van der Waals surface area contributed by atoms with Crippen molar-refractivity contribution in [2.75, 3.05) is 17.3 Å². The van der Waals surface area contributed by atoms with E-state index in [-0.39, 0.29) is 18.3 Å². The molecule has 1 amide bonds. The summed E-state index contributed by atoms with van der Waals surface area (Å²) < 4.78 is 1.05. The number of nitrogens with one attached hydrogen (secondary N) is 2. The second-order valence-corrected chi connectivity index (χ2v) is 7.60. The molecule has 2 aromatic rings. The van der Waals surface area contributed by atoms with Crippen molar-refractivity contribution >= 4 is 63.2 Å². The first-order valence-corrected chi connectivity index (χ1v) is 8.97. The third-order valence-corrected chi connectivity index (χ3v) is 4.94. The fourth-order valence-corrected chi connectivity index (χ4v) is 3.41. The van der Waals surface area contributed by atoms with Gasteiger partial charge in [-0.15, -0.1) is 23.7 Å². The Kier molecular flexibility index (Phi) is 7.75. The van der Waals surface area contributed by atoms with Gasteiger partial charge >= 0.3 is 0 Å². The standard InChI is InChI=1S/C12H15BrN4OS2.ClH/c1-19-5-4-7(14)12(18)15-11-6-8(16-17-11)9-2-3-10(13)20-9;/h2-3,6-7H,4-5,14H2,1H3,(H2,15,16,17,18);1H. The zero-order valence-corrected chi connectivity index (χ0v) is 15.3. The molecule has 0 fully saturated rings. The largest absolute Gasteiger partial charge is 0.320 e. The first kappa shape index (κ1) is 18.5. The molecule has 0 spiro atoms. The van der Waals surface area contributed by atoms with Gasteiger partial charge < -0.3 is 11.1 Å². The van der Waals surface area contributed by atoms with Crippen molar-refractivity contribution < 1.29 is 4.79 Å². The van der Waals surface area contributed by atoms with Crippen LogP contribution in [-0.4, -0.2) is 34.2 Å². The lowest BCUT2D eigenvalue weighted by molar-refractivity contribution is -0.117. The molecule has 9 heteroatoms. The van der Waals surface area contributed by atoms with Crippen molar-refractivity contribution in [2.24, 2.45) is 5.73 Å². The molecule has 0 saturated carbocycles. The van der Waals surface area contributed by atoms with Crippen LogP contribution in [-0.2, 0) is 4.79 Å². The molecule has 1 unspecified atom stereocenters. The van der Waals surface area contributed by atoms with E-state index in [0.29, 0.717) is 12.2 Å². The van der Waals surface area contributed by atoms with Crippen molar-refractivity contribution in [3.63, 3.8) is 0 Å². The molecule has 0 saturated heterocycles. The fraction of sp³-hybridized carbons (Fsp3) is 0.333. The Morgan fingerprint density at radius 2 is 2.38 bits per heavy atom. The predicted octanol–water partition coefficient (Wildman–Crippen LogP) is 3.34. The van der Waals surface area contributed by atoms with Crippen LogP contribution < -0.4 is 11.1 Å². The number of H-pyrrole nitrogens is 1. The summed E-state index contributed by atoms with van der Waals surface area (Å²) in [6, 6.07) is 5.26. The molecule has 0 aliphatic carbocycles. The summed E-state index contributed by atoms with van der Waals surface area (Å²) >= 11 is 6.68. The van der Waals surface area contributed by atoms with Crippen LogP contribution >= 0.6 is 51.4 Å². The summed E-state index contributed by atoms with van der Waals surface area (Å²) in [4.78, 5) is 12.9. The van der Waals surface area contributed by atoms with Gasteiger partial charge in [-0.2, -0.15) is 16.9 Å². The first-order valence-electron chi connectivity index (χ1n) is 5.96. The summed E-state index contributed by atoms with van der Waals surface area (Å²) in [7, 11) is 0. The molecular formula is C12H16BrClN4OS2. The number of thioether (sulfide) groups is 1. The lowest BCUT2D eigenvalue weighted by Crippen LogP contribution is -2.36. The lowest BCUT2D eigenvalue weighted by Gasteiger charge is -2.09. The number of halogens is 2. The molecule has 116 valence electrons. The number of amides is 1. The monoisotopic (exact) mass is 410 g/mol. The van der Waals surface area contributed by atoms with E-state index in [1.165, 1.54) is 0 Å². The van der Waals surface area contributed by atoms with Crippen LogP contribution in [0.1, 0.15) is 6.42 Å². The summed E-state index contributed by atoms with van der Waals surface area (Å²) in [6.45, 7) is 0. The van der Waals surface area contributed by atoms with Crippen molar-refractivity contribution in [3.05, 3.63) is 22.0 Å². The molecule has 4 N–H and O–H groups in total. The van der Waals surface area contributed by atoms with Gasteiger partial charge in [-0.05, 0) is 46.5 Å². The molecule has 0 aromatic carbocycles. The van der Waals surface area contributed by atoms with E-state index in [0.717, 1.165) is 20.1 Å². The molecule has 0 bridgehead atoms. The van der Waals surface area contributed by atoms with Crippen LogP contribution in [0.5, 0.6) is 0 Å². The van der Waals surface area contributed by atoms with Crippen LogP contribution in [0.15, 0.2) is 22.0 Å². The number of nitrogens with zero attached hydrogens (tertiary/aromatic N) is 1. The lowest BCUT2D eigenvalue weighted by atomic mass is 10.2. The molecule has 0 aliphatic rings. The van der Waals surface area contributed by atoms with E-state index in [4.69, 9.17) is 5.73 Å². The molecule has 5 nitrogen and oxygen atoms in total. The number of hydrogen-bond acceptors (Lipinski definition) is 5. The third kappa shape index (κ3) is 5.30. The number of thiophene rings is 1. The fourth-order valence-electron chi connectivity index (χ4n) is 1.57. The van der Waals surface area contributed by atoms with Gasteiger partial charge in [-0.3, -0.25) is 9.89 Å². The Morgan fingerprint density at radius 1 is 1.62 bits per heavy atom. The van der Waals surface area contributed by atoms with Gasteiger partial charge in [-0.1, -0.05) is 0 Å². The summed E-state index contributed by atoms with van der Waals surface area (Å²) in [6.07, 6.45) is 2.64. The van der Waals surface area contributed by atoms with E-state index in [9.17, 15) is 4.79 Å². The van der Waals surface area contributed by atoms with Gasteiger partial charge in [-0.25, -0.2) is 0 Å². The SMILES string of the molecule is CSCCC(N)C(=O)Nc1cc(-c2ccc(Br)s2)[nH]n1.Cl. The molecular weight excluding hydrogens is 396 g/mol. The highest BCUT2D eigenvalue weighted by atomic mass is 79.9. The number of carbonyl (C=O) groups excluding carboxylic acids is 1. The van der Waals surface area contributed by atoms with Gasteiger partial charge in [0.25, 0.3) is 0 Å². The third-order valence-electron chi connectivity index (χ3n) is 2.64. The predicted molar refractivity (Wildman–Crippen MR) is 96.5 cm³/mol. The van der Waals surface area contributed by atoms with Gasteiger partial charge in [0.15, 0.2) is 5.82 Å². The number of nitrogens with two attached hydrogens (primary N) is 1. The number of aromatic amines is 1. The quantitative estimate of drug-likeness (QED) is 0.680. The van der Waals surface area contributed by atoms with Crippen LogP contribution in [0.25, 0.3) is 10.6 Å². The van der Waals surface area contributed by atoms with E-state index in [1.54, 1.807) is 29.2 Å². The molecule has 0 aliphatic heterocycles. The minimum atomic E-state index is -0.501. The van der Waals surface area contributed by atoms with Crippen LogP contribution in [0, 0.1) is 0 Å². The maximum absolute atomic E-state index is 11.9. The van der Waals surface area contributed by atoms with Crippen molar-refractivity contribution in [3.8, 4) is 10.6 Å². The maximum Gasteiger partial charge on any atom is 0.242 e. The molecule has 0 radical (unpaired) electrons. The highest BCUT2D eigenvalue weighted by Gasteiger charge is 2.15. The van der Waals surface area contributed by atoms with E-state index >= 15 is 0 Å². The number of hydrogen-bond donors (Lipinski definition) is 3. The molecule has 21 heavy (non-hydrogen) atoms. The van der Waals surface area contributed by atoms with Crippen molar-refractivity contribution in [1.29, 1.82) is 0 Å². The highest BCUT2D eigenvalue weighted by Crippen LogP contribution is 2.30. The van der Waals surface area contributed by atoms with E-state index in [2.05, 4.69) is 31.4 Å². The Balaban J connectivity index is 0.00000220. The number of rotatable bonds is 6. The number of carbonyl (C=O) groups is 1. The van der Waals surface area contributed by atoms with Gasteiger partial charge in [0.05, 0.1) is 20.4 Å². The normalized spacial score (nSPS) is 11.8. The average molecular weight is 412 g/mol. The van der Waals surface area contributed by atoms with Crippen LogP contribution in [0.4, 0.5) is 5.82 Å². The molecule has 1 atom stereocenters. The maximum atomic E-state index is 11.9. The zero-order chi connectivity index (χ0) is 14.5. The van der Waals surface area contributed by atoms with E-state index < -0.39 is 6.04 Å². The van der Waals surface area contributed by atoms with Crippen LogP contribution in [0.2, 0.25) is 0 Å². The van der Waals surface area contributed by atoms with Gasteiger partial charge in [0.2, 0.25) is 5.91 Å². The smallest absolute Gasteiger partial charge is 0.242 e. The molecule has 2 aromatic heterocycles. The zero-order valence-electron chi connectivity index (χ0n) is 11.3. The van der Waals surface area contributed by atoms with Gasteiger partial charge in [0.1, 0.15) is 0 Å². The second-order valence-electron chi connectivity index (χ2n) is 4.15. The highest BCUT2D eigenvalue weighted by molar-refractivity contribution is 9.11. The van der Waals surface area contributed by atoms with E-state index in [1.807, 2.05) is 18.4 Å². The van der Waals surface area contributed by atoms with Crippen LogP contribution in [0.3, 0.4) is 0 Å². The minimum absolute atomic E-state index is 0. The molecule has 2 rings (SSSR count). The minimum Gasteiger partial charge on any atom is -0.320 e. The molecule has 2 heterocycles. The topological polar surface area (TPSA) is 83.8 Å².